The standard InChI is InChI=1S/C15H26N2O5Si/c1-15(2,3)23(4,5)22-11-8-10(9-18)21-13(11)17-7-6-12(19)16-14(17)20/h6-7,10-11,13,18H,8-9H2,1-5H3,(H,16,19,20)/t10-,11-,13-/m1/s1. The Kier molecular flexibility index (Phi) is 5.00. The number of aromatic amines is 1. The number of hydrogen-bond donors (Lipinski definition) is 2. The third-order valence-electron chi connectivity index (χ3n) is 4.73. The molecule has 1 aliphatic rings. The fraction of sp³-hybridized carbons (Fsp3) is 0.733. The summed E-state index contributed by atoms with van der Waals surface area (Å²) in [4.78, 5) is 25.5. The van der Waals surface area contributed by atoms with Crippen molar-refractivity contribution in [1.29, 1.82) is 0 Å². The molecule has 0 spiro atoms. The van der Waals surface area contributed by atoms with Crippen LogP contribution in [0, 0.1) is 0 Å². The van der Waals surface area contributed by atoms with E-state index < -0.39 is 25.8 Å². The molecule has 1 aliphatic heterocycles. The van der Waals surface area contributed by atoms with Crippen molar-refractivity contribution >= 4 is 8.32 Å². The van der Waals surface area contributed by atoms with E-state index in [1.54, 1.807) is 0 Å². The van der Waals surface area contributed by atoms with Crippen molar-refractivity contribution in [1.82, 2.24) is 9.55 Å². The molecule has 23 heavy (non-hydrogen) atoms. The highest BCUT2D eigenvalue weighted by atomic mass is 28.4. The molecule has 0 saturated carbocycles. The molecule has 2 heterocycles. The molecule has 0 aromatic carbocycles. The predicted molar refractivity (Wildman–Crippen MR) is 89.0 cm³/mol. The van der Waals surface area contributed by atoms with Crippen LogP contribution >= 0.6 is 0 Å². The Hall–Kier alpha value is -1.22. The van der Waals surface area contributed by atoms with E-state index in [0.29, 0.717) is 6.42 Å². The van der Waals surface area contributed by atoms with E-state index in [4.69, 9.17) is 9.16 Å². The van der Waals surface area contributed by atoms with Gasteiger partial charge in [0.25, 0.3) is 5.56 Å². The molecule has 2 N–H and O–H groups in total. The number of nitrogens with one attached hydrogen (secondary N) is 1. The molecule has 1 aromatic rings. The van der Waals surface area contributed by atoms with E-state index in [1.807, 2.05) is 0 Å². The molecular formula is C15H26N2O5Si. The van der Waals surface area contributed by atoms with Crippen molar-refractivity contribution in [2.24, 2.45) is 0 Å². The summed E-state index contributed by atoms with van der Waals surface area (Å²) < 4.78 is 13.5. The second-order valence-corrected chi connectivity index (χ2v) is 12.3. The average Bonchev–Trinajstić information content (AvgIpc) is 2.79. The third-order valence-corrected chi connectivity index (χ3v) is 9.23. The topological polar surface area (TPSA) is 93.5 Å². The lowest BCUT2D eigenvalue weighted by Gasteiger charge is -2.39. The molecule has 0 aliphatic carbocycles. The summed E-state index contributed by atoms with van der Waals surface area (Å²) in [5.74, 6) is 0. The van der Waals surface area contributed by atoms with Crippen molar-refractivity contribution in [2.45, 2.75) is 63.8 Å². The molecule has 8 heteroatoms. The predicted octanol–water partition coefficient (Wildman–Crippen LogP) is 1.21. The minimum absolute atomic E-state index is 0.0187. The number of nitrogens with zero attached hydrogens (tertiary/aromatic N) is 1. The van der Waals surface area contributed by atoms with Crippen LogP contribution in [-0.2, 0) is 9.16 Å². The molecule has 0 bridgehead atoms. The first-order valence-electron chi connectivity index (χ1n) is 7.81. The van der Waals surface area contributed by atoms with E-state index in [1.165, 1.54) is 16.8 Å². The number of H-pyrrole nitrogens is 1. The number of ether oxygens (including phenoxy) is 1. The van der Waals surface area contributed by atoms with E-state index in [9.17, 15) is 14.7 Å². The van der Waals surface area contributed by atoms with Gasteiger partial charge in [0.05, 0.1) is 18.8 Å². The highest BCUT2D eigenvalue weighted by Crippen LogP contribution is 2.41. The second kappa shape index (κ2) is 6.35. The molecule has 0 amide bonds. The Morgan fingerprint density at radius 1 is 1.43 bits per heavy atom. The molecular weight excluding hydrogens is 316 g/mol. The van der Waals surface area contributed by atoms with Gasteiger partial charge in [0.15, 0.2) is 14.5 Å². The smallest absolute Gasteiger partial charge is 0.330 e. The van der Waals surface area contributed by atoms with Gasteiger partial charge in [-0.2, -0.15) is 0 Å². The van der Waals surface area contributed by atoms with Gasteiger partial charge in [-0.1, -0.05) is 20.8 Å². The summed E-state index contributed by atoms with van der Waals surface area (Å²) in [7, 11) is -2.06. The molecule has 1 saturated heterocycles. The van der Waals surface area contributed by atoms with Crippen molar-refractivity contribution < 1.29 is 14.3 Å². The van der Waals surface area contributed by atoms with Crippen LogP contribution in [0.1, 0.15) is 33.4 Å². The average molecular weight is 342 g/mol. The van der Waals surface area contributed by atoms with Crippen molar-refractivity contribution in [3.05, 3.63) is 33.1 Å². The zero-order valence-electron chi connectivity index (χ0n) is 14.3. The largest absolute Gasteiger partial charge is 0.409 e. The molecule has 0 radical (unpaired) electrons. The Morgan fingerprint density at radius 3 is 2.61 bits per heavy atom. The second-order valence-electron chi connectivity index (χ2n) is 7.50. The summed E-state index contributed by atoms with van der Waals surface area (Å²) >= 11 is 0. The first kappa shape index (κ1) is 18.1. The fourth-order valence-corrected chi connectivity index (χ4v) is 3.69. The van der Waals surface area contributed by atoms with Crippen LogP contribution < -0.4 is 11.2 Å². The van der Waals surface area contributed by atoms with Gasteiger partial charge in [-0.3, -0.25) is 14.3 Å². The van der Waals surface area contributed by atoms with E-state index in [-0.39, 0.29) is 23.9 Å². The normalized spacial score (nSPS) is 25.7. The Balaban J connectivity index is 2.32. The zero-order chi connectivity index (χ0) is 17.4. The van der Waals surface area contributed by atoms with Gasteiger partial charge in [-0.25, -0.2) is 4.79 Å². The zero-order valence-corrected chi connectivity index (χ0v) is 15.3. The minimum atomic E-state index is -2.06. The number of hydrogen-bond acceptors (Lipinski definition) is 5. The summed E-state index contributed by atoms with van der Waals surface area (Å²) in [5, 5.41) is 9.42. The van der Waals surface area contributed by atoms with Crippen LogP contribution in [0.5, 0.6) is 0 Å². The summed E-state index contributed by atoms with van der Waals surface area (Å²) in [6.07, 6.45) is 0.559. The summed E-state index contributed by atoms with van der Waals surface area (Å²) in [5.41, 5.74) is -0.991. The molecule has 3 atom stereocenters. The molecule has 0 unspecified atom stereocenters. The van der Waals surface area contributed by atoms with Gasteiger partial charge >= 0.3 is 5.69 Å². The van der Waals surface area contributed by atoms with Gasteiger partial charge in [-0.05, 0) is 18.1 Å². The van der Waals surface area contributed by atoms with Crippen LogP contribution in [-0.4, -0.2) is 41.8 Å². The quantitative estimate of drug-likeness (QED) is 0.802. The summed E-state index contributed by atoms with van der Waals surface area (Å²) in [6.45, 7) is 10.5. The highest BCUT2D eigenvalue weighted by Gasteiger charge is 2.45. The first-order chi connectivity index (χ1) is 10.5. The van der Waals surface area contributed by atoms with Crippen LogP contribution in [0.4, 0.5) is 0 Å². The van der Waals surface area contributed by atoms with Crippen LogP contribution in [0.2, 0.25) is 18.1 Å². The molecule has 7 nitrogen and oxygen atoms in total. The maximum Gasteiger partial charge on any atom is 0.330 e. The highest BCUT2D eigenvalue weighted by molar-refractivity contribution is 6.74. The van der Waals surface area contributed by atoms with Crippen LogP contribution in [0.15, 0.2) is 21.9 Å². The van der Waals surface area contributed by atoms with Gasteiger partial charge in [-0.15, -0.1) is 0 Å². The van der Waals surface area contributed by atoms with Gasteiger partial charge in [0.1, 0.15) is 0 Å². The maximum atomic E-state index is 12.1. The lowest BCUT2D eigenvalue weighted by atomic mass is 10.2. The van der Waals surface area contributed by atoms with Gasteiger partial charge < -0.3 is 14.3 Å². The number of rotatable bonds is 4. The Labute approximate surface area is 136 Å². The fourth-order valence-electron chi connectivity index (χ4n) is 2.37. The molecule has 1 fully saturated rings. The monoisotopic (exact) mass is 342 g/mol. The van der Waals surface area contributed by atoms with Crippen molar-refractivity contribution in [3.8, 4) is 0 Å². The Bertz CT molecular complexity index is 661. The van der Waals surface area contributed by atoms with Crippen molar-refractivity contribution in [2.75, 3.05) is 6.61 Å². The third kappa shape index (κ3) is 3.82. The number of aromatic nitrogens is 2. The minimum Gasteiger partial charge on any atom is -0.409 e. The van der Waals surface area contributed by atoms with E-state index in [2.05, 4.69) is 38.8 Å². The first-order valence-corrected chi connectivity index (χ1v) is 10.7. The van der Waals surface area contributed by atoms with Gasteiger partial charge in [0.2, 0.25) is 0 Å². The van der Waals surface area contributed by atoms with E-state index >= 15 is 0 Å². The van der Waals surface area contributed by atoms with Crippen LogP contribution in [0.25, 0.3) is 0 Å². The van der Waals surface area contributed by atoms with Crippen LogP contribution in [0.3, 0.4) is 0 Å². The molecule has 1 aromatic heterocycles. The molecule has 130 valence electrons. The summed E-state index contributed by atoms with van der Waals surface area (Å²) in [6, 6.07) is 1.28. The molecule has 2 rings (SSSR count). The van der Waals surface area contributed by atoms with E-state index in [0.717, 1.165) is 0 Å². The van der Waals surface area contributed by atoms with Crippen molar-refractivity contribution in [3.63, 3.8) is 0 Å². The number of aliphatic hydroxyl groups is 1. The lowest BCUT2D eigenvalue weighted by molar-refractivity contribution is -0.0503. The Morgan fingerprint density at radius 2 is 2.09 bits per heavy atom. The lowest BCUT2D eigenvalue weighted by Crippen LogP contribution is -2.46. The SMILES string of the molecule is CC(C)(C)[Si](C)(C)O[C@@H]1C[C@H](CO)O[C@H]1n1ccc(=O)[nH]c1=O. The van der Waals surface area contributed by atoms with Gasteiger partial charge in [0, 0.05) is 18.7 Å². The number of aliphatic hydroxyl groups excluding tert-OH is 1. The maximum absolute atomic E-state index is 12.1.